The molecule has 1 aliphatic rings. The number of morpholine rings is 1. The highest BCUT2D eigenvalue weighted by atomic mass is 32.2. The first-order chi connectivity index (χ1) is 9.37. The molecule has 2 heterocycles. The van der Waals surface area contributed by atoms with Gasteiger partial charge >= 0.3 is 5.97 Å². The van der Waals surface area contributed by atoms with Crippen LogP contribution < -0.4 is 0 Å². The SMILES string of the molecule is Cc1[nH]nc(S(=O)(=O)N2CCOC(CO)C2)c1C(=O)O. The number of nitrogens with one attached hydrogen (secondary N) is 1. The van der Waals surface area contributed by atoms with Gasteiger partial charge in [0.05, 0.1) is 19.3 Å². The maximum absolute atomic E-state index is 12.4. The number of aromatic amines is 1. The molecule has 1 aromatic heterocycles. The third kappa shape index (κ3) is 2.54. The average Bonchev–Trinajstić information content (AvgIpc) is 2.81. The predicted molar refractivity (Wildman–Crippen MR) is 65.9 cm³/mol. The number of rotatable bonds is 4. The van der Waals surface area contributed by atoms with Crippen molar-refractivity contribution in [3.05, 3.63) is 11.3 Å². The number of ether oxygens (including phenoxy) is 1. The molecule has 0 saturated carbocycles. The lowest BCUT2D eigenvalue weighted by molar-refractivity contribution is -0.0305. The monoisotopic (exact) mass is 305 g/mol. The molecule has 9 nitrogen and oxygen atoms in total. The van der Waals surface area contributed by atoms with Crippen LogP contribution in [0, 0.1) is 6.92 Å². The van der Waals surface area contributed by atoms with Crippen molar-refractivity contribution in [1.82, 2.24) is 14.5 Å². The second kappa shape index (κ2) is 5.48. The molecule has 20 heavy (non-hydrogen) atoms. The Bertz CT molecular complexity index is 611. The highest BCUT2D eigenvalue weighted by molar-refractivity contribution is 7.89. The van der Waals surface area contributed by atoms with Crippen LogP contribution >= 0.6 is 0 Å². The van der Waals surface area contributed by atoms with E-state index in [1.54, 1.807) is 0 Å². The lowest BCUT2D eigenvalue weighted by Gasteiger charge is -2.30. The molecule has 0 bridgehead atoms. The fourth-order valence-corrected chi connectivity index (χ4v) is 3.57. The summed E-state index contributed by atoms with van der Waals surface area (Å²) < 4.78 is 31.1. The Morgan fingerprint density at radius 2 is 2.30 bits per heavy atom. The lowest BCUT2D eigenvalue weighted by Crippen LogP contribution is -2.47. The van der Waals surface area contributed by atoms with Crippen molar-refractivity contribution >= 4 is 16.0 Å². The number of H-pyrrole nitrogens is 1. The molecule has 0 spiro atoms. The predicted octanol–water partition coefficient (Wildman–Crippen LogP) is -1.20. The van der Waals surface area contributed by atoms with Gasteiger partial charge in [-0.1, -0.05) is 0 Å². The first-order valence-electron chi connectivity index (χ1n) is 5.88. The Kier molecular flexibility index (Phi) is 4.09. The average molecular weight is 305 g/mol. The van der Waals surface area contributed by atoms with E-state index >= 15 is 0 Å². The maximum Gasteiger partial charge on any atom is 0.340 e. The number of carboxylic acids is 1. The number of carboxylic acid groups (broad SMARTS) is 1. The molecule has 112 valence electrons. The zero-order valence-corrected chi connectivity index (χ0v) is 11.6. The van der Waals surface area contributed by atoms with Crippen molar-refractivity contribution in [2.75, 3.05) is 26.3 Å². The van der Waals surface area contributed by atoms with Crippen LogP contribution in [0.4, 0.5) is 0 Å². The van der Waals surface area contributed by atoms with Gasteiger partial charge in [0.1, 0.15) is 5.56 Å². The van der Waals surface area contributed by atoms with Crippen molar-refractivity contribution in [3.63, 3.8) is 0 Å². The molecule has 3 N–H and O–H groups in total. The minimum atomic E-state index is -4.04. The van der Waals surface area contributed by atoms with Gasteiger partial charge in [-0.25, -0.2) is 13.2 Å². The summed E-state index contributed by atoms with van der Waals surface area (Å²) in [5, 5.41) is 23.6. The van der Waals surface area contributed by atoms with Crippen LogP contribution in [0.1, 0.15) is 16.1 Å². The van der Waals surface area contributed by atoms with Crippen LogP contribution in [0.15, 0.2) is 5.03 Å². The third-order valence-corrected chi connectivity index (χ3v) is 4.81. The number of carbonyl (C=O) groups is 1. The Labute approximate surface area is 115 Å². The van der Waals surface area contributed by atoms with Gasteiger partial charge in [0.25, 0.3) is 10.0 Å². The minimum absolute atomic E-state index is 0.0379. The van der Waals surface area contributed by atoms with Crippen LogP contribution in [0.3, 0.4) is 0 Å². The molecular weight excluding hydrogens is 290 g/mol. The third-order valence-electron chi connectivity index (χ3n) is 3.02. The Hall–Kier alpha value is -1.49. The van der Waals surface area contributed by atoms with Crippen molar-refractivity contribution < 1.29 is 28.2 Å². The normalized spacial score (nSPS) is 21.0. The molecule has 1 saturated heterocycles. The van der Waals surface area contributed by atoms with Crippen molar-refractivity contribution in [3.8, 4) is 0 Å². The molecule has 0 radical (unpaired) electrons. The van der Waals surface area contributed by atoms with E-state index < -0.39 is 27.1 Å². The largest absolute Gasteiger partial charge is 0.478 e. The summed E-state index contributed by atoms with van der Waals surface area (Å²) in [5.74, 6) is -1.36. The van der Waals surface area contributed by atoms with E-state index in [9.17, 15) is 13.2 Å². The summed E-state index contributed by atoms with van der Waals surface area (Å²) in [7, 11) is -4.04. The quantitative estimate of drug-likeness (QED) is 0.636. The standard InChI is InChI=1S/C10H15N3O6S/c1-6-8(10(15)16)9(12-11-6)20(17,18)13-2-3-19-7(4-13)5-14/h7,14H,2-5H2,1H3,(H,11,12)(H,15,16). The van der Waals surface area contributed by atoms with Crippen LogP contribution in [0.2, 0.25) is 0 Å². The molecule has 0 amide bonds. The van der Waals surface area contributed by atoms with Crippen LogP contribution in [0.25, 0.3) is 0 Å². The molecular formula is C10H15N3O6S. The summed E-state index contributed by atoms with van der Waals surface area (Å²) in [4.78, 5) is 11.1. The number of hydrogen-bond acceptors (Lipinski definition) is 6. The zero-order chi connectivity index (χ0) is 14.9. The molecule has 0 aliphatic carbocycles. The fraction of sp³-hybridized carbons (Fsp3) is 0.600. The summed E-state index contributed by atoms with van der Waals surface area (Å²) in [5.41, 5.74) is -0.194. The lowest BCUT2D eigenvalue weighted by atomic mass is 10.3. The van der Waals surface area contributed by atoms with Crippen molar-refractivity contribution in [2.45, 2.75) is 18.1 Å². The van der Waals surface area contributed by atoms with Gasteiger partial charge in [-0.2, -0.15) is 9.40 Å². The first kappa shape index (κ1) is 14.9. The topological polar surface area (TPSA) is 133 Å². The van der Waals surface area contributed by atoms with Gasteiger partial charge in [-0.05, 0) is 6.92 Å². The van der Waals surface area contributed by atoms with Gasteiger partial charge in [0, 0.05) is 18.8 Å². The number of hydrogen-bond donors (Lipinski definition) is 3. The maximum atomic E-state index is 12.4. The van der Waals surface area contributed by atoms with E-state index in [1.807, 2.05) is 0 Å². The number of sulfonamides is 1. The number of nitrogens with zero attached hydrogens (tertiary/aromatic N) is 2. The van der Waals surface area contributed by atoms with E-state index in [2.05, 4.69) is 10.2 Å². The minimum Gasteiger partial charge on any atom is -0.478 e. The van der Waals surface area contributed by atoms with Crippen LogP contribution in [-0.2, 0) is 14.8 Å². The Morgan fingerprint density at radius 3 is 2.90 bits per heavy atom. The van der Waals surface area contributed by atoms with E-state index in [0.29, 0.717) is 0 Å². The van der Waals surface area contributed by atoms with Crippen LogP contribution in [-0.4, -0.2) is 71.5 Å². The van der Waals surface area contributed by atoms with Gasteiger partial charge in [-0.3, -0.25) is 5.10 Å². The summed E-state index contributed by atoms with van der Waals surface area (Å²) in [6, 6.07) is 0. The highest BCUT2D eigenvalue weighted by Gasteiger charge is 2.36. The molecule has 1 aliphatic heterocycles. The highest BCUT2D eigenvalue weighted by Crippen LogP contribution is 2.22. The number of aromatic carboxylic acids is 1. The van der Waals surface area contributed by atoms with Gasteiger partial charge < -0.3 is 14.9 Å². The Balaban J connectivity index is 2.38. The number of aryl methyl sites for hydroxylation is 1. The van der Waals surface area contributed by atoms with Crippen LogP contribution in [0.5, 0.6) is 0 Å². The Morgan fingerprint density at radius 1 is 1.60 bits per heavy atom. The molecule has 10 heteroatoms. The number of aliphatic hydroxyl groups is 1. The zero-order valence-electron chi connectivity index (χ0n) is 10.7. The van der Waals surface area contributed by atoms with E-state index in [4.69, 9.17) is 14.9 Å². The second-order valence-corrected chi connectivity index (χ2v) is 6.23. The second-order valence-electron chi connectivity index (χ2n) is 4.37. The van der Waals surface area contributed by atoms with Crippen molar-refractivity contribution in [1.29, 1.82) is 0 Å². The van der Waals surface area contributed by atoms with Gasteiger partial charge in [-0.15, -0.1) is 0 Å². The molecule has 1 aromatic rings. The molecule has 1 fully saturated rings. The van der Waals surface area contributed by atoms with E-state index in [1.165, 1.54) is 6.92 Å². The fourth-order valence-electron chi connectivity index (χ4n) is 1.99. The molecule has 1 unspecified atom stereocenters. The van der Waals surface area contributed by atoms with Crippen molar-refractivity contribution in [2.24, 2.45) is 0 Å². The van der Waals surface area contributed by atoms with Gasteiger partial charge in [0.15, 0.2) is 0 Å². The smallest absolute Gasteiger partial charge is 0.340 e. The van der Waals surface area contributed by atoms with Gasteiger partial charge in [0.2, 0.25) is 5.03 Å². The number of aromatic nitrogens is 2. The molecule has 0 aromatic carbocycles. The summed E-state index contributed by atoms with van der Waals surface area (Å²) >= 11 is 0. The number of aliphatic hydroxyl groups excluding tert-OH is 1. The summed E-state index contributed by atoms with van der Waals surface area (Å²) in [6.45, 7) is 1.31. The van der Waals surface area contributed by atoms with E-state index in [0.717, 1.165) is 4.31 Å². The molecule has 1 atom stereocenters. The summed E-state index contributed by atoms with van der Waals surface area (Å²) in [6.07, 6.45) is -0.619. The van der Waals surface area contributed by atoms with E-state index in [-0.39, 0.29) is 37.6 Å². The first-order valence-corrected chi connectivity index (χ1v) is 7.32. The molecule has 2 rings (SSSR count).